The second-order valence-electron chi connectivity index (χ2n) is 11.3. The van der Waals surface area contributed by atoms with E-state index in [4.69, 9.17) is 14.7 Å². The van der Waals surface area contributed by atoms with Crippen molar-refractivity contribution >= 4 is 11.8 Å². The molecule has 1 unspecified atom stereocenters. The fourth-order valence-electron chi connectivity index (χ4n) is 4.82. The molecule has 2 saturated heterocycles. The number of piperidine rings is 1. The summed E-state index contributed by atoms with van der Waals surface area (Å²) in [6.45, 7) is 10.1. The Labute approximate surface area is 218 Å². The molecule has 1 atom stereocenters. The Morgan fingerprint density at radius 1 is 1.22 bits per heavy atom. The first-order chi connectivity index (χ1) is 17.4. The third kappa shape index (κ3) is 6.79. The van der Waals surface area contributed by atoms with Crippen LogP contribution in [0.15, 0.2) is 36.4 Å². The minimum absolute atomic E-state index is 0.00770. The highest BCUT2D eigenvalue weighted by molar-refractivity contribution is 5.80. The summed E-state index contributed by atoms with van der Waals surface area (Å²) in [5.41, 5.74) is 2.27. The van der Waals surface area contributed by atoms with Crippen LogP contribution in [0.4, 0.5) is 14.9 Å². The molecule has 2 aromatic carbocycles. The number of halogens is 1. The fourth-order valence-corrected chi connectivity index (χ4v) is 4.82. The number of amides is 1. The number of hydrogen-bond acceptors (Lipinski definition) is 6. The lowest BCUT2D eigenvalue weighted by Crippen LogP contribution is -2.48. The molecule has 0 saturated carbocycles. The van der Waals surface area contributed by atoms with Crippen LogP contribution in [0, 0.1) is 17.1 Å². The summed E-state index contributed by atoms with van der Waals surface area (Å²) < 4.78 is 26.1. The normalized spacial score (nSPS) is 19.9. The standard InChI is InChI=1S/C29H36FN3O4/c1-28(2,3)37-27(34)33-13-14-36-23(19-33)15-20-5-8-26(32-11-9-29(4,35)10-12-32)24(16-20)21-6-7-22(18-31)25(30)17-21/h5-8,16-17,23,35H,9-15,19H2,1-4H3. The highest BCUT2D eigenvalue weighted by atomic mass is 19.1. The predicted molar refractivity (Wildman–Crippen MR) is 140 cm³/mol. The number of ether oxygens (including phenoxy) is 2. The molecule has 2 heterocycles. The fraction of sp³-hybridized carbons (Fsp3) is 0.517. The van der Waals surface area contributed by atoms with Gasteiger partial charge in [-0.15, -0.1) is 0 Å². The van der Waals surface area contributed by atoms with Gasteiger partial charge in [-0.2, -0.15) is 5.26 Å². The number of benzene rings is 2. The number of nitrogens with zero attached hydrogens (tertiary/aromatic N) is 3. The minimum Gasteiger partial charge on any atom is -0.444 e. The molecule has 2 aliphatic heterocycles. The van der Waals surface area contributed by atoms with E-state index in [9.17, 15) is 14.3 Å². The van der Waals surface area contributed by atoms with E-state index in [0.717, 1.165) is 16.8 Å². The van der Waals surface area contributed by atoms with Gasteiger partial charge in [-0.25, -0.2) is 9.18 Å². The van der Waals surface area contributed by atoms with Gasteiger partial charge in [-0.1, -0.05) is 12.1 Å². The van der Waals surface area contributed by atoms with Crippen LogP contribution in [0.1, 0.15) is 51.7 Å². The van der Waals surface area contributed by atoms with Crippen LogP contribution >= 0.6 is 0 Å². The average molecular weight is 510 g/mol. The Morgan fingerprint density at radius 3 is 2.59 bits per heavy atom. The van der Waals surface area contributed by atoms with E-state index < -0.39 is 17.0 Å². The van der Waals surface area contributed by atoms with Crippen molar-refractivity contribution in [3.8, 4) is 17.2 Å². The lowest BCUT2D eigenvalue weighted by molar-refractivity contribution is -0.0415. The number of hydrogen-bond donors (Lipinski definition) is 1. The van der Waals surface area contributed by atoms with E-state index in [-0.39, 0.29) is 17.8 Å². The molecule has 2 aliphatic rings. The molecule has 4 rings (SSSR count). The zero-order valence-corrected chi connectivity index (χ0v) is 22.1. The Bertz CT molecular complexity index is 1170. The summed E-state index contributed by atoms with van der Waals surface area (Å²) in [5.74, 6) is -0.554. The molecule has 1 amide bonds. The van der Waals surface area contributed by atoms with Crippen LogP contribution in [-0.4, -0.2) is 66.2 Å². The van der Waals surface area contributed by atoms with Gasteiger partial charge in [0.05, 0.1) is 30.4 Å². The van der Waals surface area contributed by atoms with Crippen molar-refractivity contribution in [1.82, 2.24) is 4.90 Å². The first-order valence-electron chi connectivity index (χ1n) is 12.8. The number of carbonyl (C=O) groups is 1. The monoisotopic (exact) mass is 509 g/mol. The van der Waals surface area contributed by atoms with Crippen molar-refractivity contribution in [2.24, 2.45) is 0 Å². The van der Waals surface area contributed by atoms with Crippen LogP contribution in [0.2, 0.25) is 0 Å². The molecule has 37 heavy (non-hydrogen) atoms. The van der Waals surface area contributed by atoms with Crippen molar-refractivity contribution in [2.75, 3.05) is 37.7 Å². The van der Waals surface area contributed by atoms with Gasteiger partial charge in [0.1, 0.15) is 17.5 Å². The molecule has 2 fully saturated rings. The van der Waals surface area contributed by atoms with E-state index in [2.05, 4.69) is 4.90 Å². The predicted octanol–water partition coefficient (Wildman–Crippen LogP) is 4.89. The van der Waals surface area contributed by atoms with Crippen LogP contribution in [0.3, 0.4) is 0 Å². The number of morpholine rings is 1. The maximum absolute atomic E-state index is 14.6. The van der Waals surface area contributed by atoms with Gasteiger partial charge in [0.2, 0.25) is 0 Å². The molecule has 7 nitrogen and oxygen atoms in total. The van der Waals surface area contributed by atoms with Gasteiger partial charge < -0.3 is 24.4 Å². The first kappa shape index (κ1) is 26.9. The smallest absolute Gasteiger partial charge is 0.410 e. The topological polar surface area (TPSA) is 86.0 Å². The maximum Gasteiger partial charge on any atom is 0.410 e. The van der Waals surface area contributed by atoms with E-state index in [0.29, 0.717) is 57.6 Å². The summed E-state index contributed by atoms with van der Waals surface area (Å²) in [6.07, 6.45) is 1.34. The molecule has 0 bridgehead atoms. The van der Waals surface area contributed by atoms with Crippen molar-refractivity contribution in [1.29, 1.82) is 5.26 Å². The third-order valence-electron chi connectivity index (χ3n) is 6.90. The van der Waals surface area contributed by atoms with E-state index in [1.54, 1.807) is 11.0 Å². The van der Waals surface area contributed by atoms with Crippen LogP contribution in [-0.2, 0) is 15.9 Å². The van der Waals surface area contributed by atoms with Gasteiger partial charge in [0, 0.05) is 37.3 Å². The summed E-state index contributed by atoms with van der Waals surface area (Å²) in [4.78, 5) is 16.5. The number of nitriles is 1. The van der Waals surface area contributed by atoms with Gasteiger partial charge in [-0.3, -0.25) is 0 Å². The average Bonchev–Trinajstić information content (AvgIpc) is 2.83. The Kier molecular flexibility index (Phi) is 7.77. The van der Waals surface area contributed by atoms with Crippen LogP contribution < -0.4 is 4.90 Å². The molecule has 198 valence electrons. The highest BCUT2D eigenvalue weighted by Crippen LogP contribution is 2.36. The molecule has 2 aromatic rings. The van der Waals surface area contributed by atoms with Crippen LogP contribution in [0.5, 0.6) is 0 Å². The Hall–Kier alpha value is -3.15. The quantitative estimate of drug-likeness (QED) is 0.631. The van der Waals surface area contributed by atoms with Crippen molar-refractivity contribution in [3.63, 3.8) is 0 Å². The zero-order valence-electron chi connectivity index (χ0n) is 22.1. The second kappa shape index (κ2) is 10.7. The minimum atomic E-state index is -0.685. The number of aliphatic hydroxyl groups is 1. The number of carbonyl (C=O) groups excluding carboxylic acids is 1. The maximum atomic E-state index is 14.6. The number of rotatable bonds is 4. The summed E-state index contributed by atoms with van der Waals surface area (Å²) in [6, 6.07) is 12.7. The zero-order chi connectivity index (χ0) is 26.8. The van der Waals surface area contributed by atoms with E-state index in [1.807, 2.05) is 52.0 Å². The van der Waals surface area contributed by atoms with Gasteiger partial charge in [0.25, 0.3) is 0 Å². The molecule has 8 heteroatoms. The SMILES string of the molecule is CC1(O)CCN(c2ccc(CC3CN(C(=O)OC(C)(C)C)CCO3)cc2-c2ccc(C#N)c(F)c2)CC1. The lowest BCUT2D eigenvalue weighted by Gasteiger charge is -2.38. The molecule has 1 N–H and O–H groups in total. The largest absolute Gasteiger partial charge is 0.444 e. The van der Waals surface area contributed by atoms with Gasteiger partial charge in [-0.05, 0) is 75.9 Å². The van der Waals surface area contributed by atoms with Crippen LogP contribution in [0.25, 0.3) is 11.1 Å². The summed E-state index contributed by atoms with van der Waals surface area (Å²) in [7, 11) is 0. The molecular weight excluding hydrogens is 473 g/mol. The molecular formula is C29H36FN3O4. The molecule has 0 radical (unpaired) electrons. The molecule has 0 aliphatic carbocycles. The second-order valence-corrected chi connectivity index (χ2v) is 11.3. The van der Waals surface area contributed by atoms with E-state index >= 15 is 0 Å². The third-order valence-corrected chi connectivity index (χ3v) is 6.90. The first-order valence-corrected chi connectivity index (χ1v) is 12.8. The summed E-state index contributed by atoms with van der Waals surface area (Å²) in [5, 5.41) is 19.6. The highest BCUT2D eigenvalue weighted by Gasteiger charge is 2.30. The van der Waals surface area contributed by atoms with Gasteiger partial charge >= 0.3 is 6.09 Å². The molecule has 0 aromatic heterocycles. The number of anilines is 1. The summed E-state index contributed by atoms with van der Waals surface area (Å²) >= 11 is 0. The Balaban J connectivity index is 1.59. The van der Waals surface area contributed by atoms with Crippen molar-refractivity contribution < 1.29 is 23.8 Å². The Morgan fingerprint density at radius 2 is 1.95 bits per heavy atom. The lowest BCUT2D eigenvalue weighted by atomic mass is 9.91. The van der Waals surface area contributed by atoms with Crippen molar-refractivity contribution in [2.45, 2.75) is 64.3 Å². The molecule has 0 spiro atoms. The van der Waals surface area contributed by atoms with E-state index in [1.165, 1.54) is 12.1 Å². The van der Waals surface area contributed by atoms with Gasteiger partial charge in [0.15, 0.2) is 0 Å². The van der Waals surface area contributed by atoms with Crippen molar-refractivity contribution in [3.05, 3.63) is 53.3 Å².